The van der Waals surface area contributed by atoms with Gasteiger partial charge in [0.25, 0.3) is 0 Å². The third-order valence-corrected chi connectivity index (χ3v) is 3.58. The van der Waals surface area contributed by atoms with Gasteiger partial charge >= 0.3 is 12.1 Å². The number of rotatable bonds is 3. The summed E-state index contributed by atoms with van der Waals surface area (Å²) >= 11 is 0. The summed E-state index contributed by atoms with van der Waals surface area (Å²) in [7, 11) is 1.10. The minimum absolute atomic E-state index is 0.00145. The predicted molar refractivity (Wildman–Crippen MR) is 72.9 cm³/mol. The maximum Gasteiger partial charge on any atom is 0.433 e. The first-order valence-electron chi connectivity index (χ1n) is 6.66. The third-order valence-electron chi connectivity index (χ3n) is 3.58. The maximum absolute atomic E-state index is 12.8. The summed E-state index contributed by atoms with van der Waals surface area (Å²) < 4.78 is 42.9. The van der Waals surface area contributed by atoms with Crippen LogP contribution in [-0.4, -0.2) is 41.1 Å². The minimum Gasteiger partial charge on any atom is -0.465 e. The van der Waals surface area contributed by atoms with E-state index in [2.05, 4.69) is 9.72 Å². The van der Waals surface area contributed by atoms with Crippen molar-refractivity contribution < 1.29 is 27.5 Å². The lowest BCUT2D eigenvalue weighted by molar-refractivity contribution is -0.141. The maximum atomic E-state index is 12.8. The molecule has 2 rings (SSSR count). The highest BCUT2D eigenvalue weighted by atomic mass is 19.4. The van der Waals surface area contributed by atoms with Crippen LogP contribution in [0.3, 0.4) is 0 Å². The molecule has 1 aliphatic rings. The molecule has 1 unspecified atom stereocenters. The third kappa shape index (κ3) is 3.33. The lowest BCUT2D eigenvalue weighted by Gasteiger charge is -2.18. The zero-order valence-electron chi connectivity index (χ0n) is 12.4. The summed E-state index contributed by atoms with van der Waals surface area (Å²) in [5.41, 5.74) is -1.34. The van der Waals surface area contributed by atoms with Crippen LogP contribution in [-0.2, 0) is 22.3 Å². The Morgan fingerprint density at radius 3 is 2.61 bits per heavy atom. The molecule has 9 heteroatoms. The number of amides is 1. The highest BCUT2D eigenvalue weighted by molar-refractivity contribution is 6.09. The van der Waals surface area contributed by atoms with Gasteiger partial charge in [0.1, 0.15) is 5.69 Å². The summed E-state index contributed by atoms with van der Waals surface area (Å²) in [5, 5.41) is 7.64. The Labute approximate surface area is 129 Å². The molecule has 0 radical (unpaired) electrons. The number of aromatic nitrogens is 1. The Morgan fingerprint density at radius 2 is 2.13 bits per heavy atom. The van der Waals surface area contributed by atoms with Gasteiger partial charge in [0.05, 0.1) is 37.4 Å². The van der Waals surface area contributed by atoms with Crippen LogP contribution < -0.4 is 0 Å². The Bertz CT molecular complexity index is 673. The van der Waals surface area contributed by atoms with Crippen LogP contribution in [0.4, 0.5) is 13.2 Å². The van der Waals surface area contributed by atoms with Crippen molar-refractivity contribution in [3.8, 4) is 0 Å². The van der Waals surface area contributed by atoms with Crippen LogP contribution in [0.15, 0.2) is 12.1 Å². The molecule has 1 aliphatic heterocycles. The fourth-order valence-corrected chi connectivity index (χ4v) is 2.23. The van der Waals surface area contributed by atoms with E-state index >= 15 is 0 Å². The predicted octanol–water partition coefficient (Wildman–Crippen LogP) is 1.89. The normalized spacial score (nSPS) is 18.5. The van der Waals surface area contributed by atoms with E-state index in [4.69, 9.17) is 5.41 Å². The van der Waals surface area contributed by atoms with E-state index < -0.39 is 23.8 Å². The standard InChI is InChI=1S/C14H14F3N3O3/c1-7-9(18)5-20(12(7)21)6-10-8(13(22)23-2)3-4-11(19-10)14(15,16)17/h3-4,7,18H,5-6H2,1-2H3. The van der Waals surface area contributed by atoms with Crippen molar-refractivity contribution in [3.05, 3.63) is 29.1 Å². The fourth-order valence-electron chi connectivity index (χ4n) is 2.23. The van der Waals surface area contributed by atoms with Gasteiger partial charge < -0.3 is 15.0 Å². The van der Waals surface area contributed by atoms with Gasteiger partial charge in [-0.15, -0.1) is 0 Å². The second kappa shape index (κ2) is 5.98. The topological polar surface area (TPSA) is 83.3 Å². The molecule has 0 bridgehead atoms. The van der Waals surface area contributed by atoms with Gasteiger partial charge in [0.2, 0.25) is 5.91 Å². The summed E-state index contributed by atoms with van der Waals surface area (Å²) in [6.45, 7) is 1.25. The molecule has 0 saturated carbocycles. The van der Waals surface area contributed by atoms with Crippen LogP contribution in [0, 0.1) is 11.3 Å². The first-order chi connectivity index (χ1) is 10.6. The average molecular weight is 329 g/mol. The number of methoxy groups -OCH3 is 1. The molecular formula is C14H14F3N3O3. The van der Waals surface area contributed by atoms with Crippen molar-refractivity contribution in [1.29, 1.82) is 5.41 Å². The summed E-state index contributed by atoms with van der Waals surface area (Å²) in [6, 6.07) is 1.67. The van der Waals surface area contributed by atoms with Crippen LogP contribution in [0.2, 0.25) is 0 Å². The molecule has 1 N–H and O–H groups in total. The molecule has 1 amide bonds. The van der Waals surface area contributed by atoms with Gasteiger partial charge in [-0.3, -0.25) is 4.79 Å². The largest absolute Gasteiger partial charge is 0.465 e. The van der Waals surface area contributed by atoms with Crippen molar-refractivity contribution in [3.63, 3.8) is 0 Å². The summed E-state index contributed by atoms with van der Waals surface area (Å²) in [4.78, 5) is 28.3. The number of nitrogens with one attached hydrogen (secondary N) is 1. The molecule has 0 spiro atoms. The van der Waals surface area contributed by atoms with Crippen LogP contribution in [0.25, 0.3) is 0 Å². The van der Waals surface area contributed by atoms with E-state index in [9.17, 15) is 22.8 Å². The fraction of sp³-hybridized carbons (Fsp3) is 0.429. The van der Waals surface area contributed by atoms with Crippen molar-refractivity contribution in [2.45, 2.75) is 19.6 Å². The van der Waals surface area contributed by atoms with Crippen molar-refractivity contribution in [2.75, 3.05) is 13.7 Å². The lowest BCUT2D eigenvalue weighted by Crippen LogP contribution is -2.28. The first kappa shape index (κ1) is 16.9. The number of pyridine rings is 1. The molecule has 1 fully saturated rings. The molecular weight excluding hydrogens is 315 g/mol. The second-order valence-corrected chi connectivity index (χ2v) is 5.12. The second-order valence-electron chi connectivity index (χ2n) is 5.12. The van der Waals surface area contributed by atoms with Gasteiger partial charge in [-0.2, -0.15) is 13.2 Å². The monoisotopic (exact) mass is 329 g/mol. The van der Waals surface area contributed by atoms with E-state index in [1.165, 1.54) is 4.90 Å². The van der Waals surface area contributed by atoms with Crippen LogP contribution >= 0.6 is 0 Å². The first-order valence-corrected chi connectivity index (χ1v) is 6.66. The summed E-state index contributed by atoms with van der Waals surface area (Å²) in [6.07, 6.45) is -4.67. The molecule has 1 aromatic rings. The Morgan fingerprint density at radius 1 is 1.48 bits per heavy atom. The van der Waals surface area contributed by atoms with Gasteiger partial charge in [-0.25, -0.2) is 9.78 Å². The van der Waals surface area contributed by atoms with E-state index in [0.29, 0.717) is 6.07 Å². The van der Waals surface area contributed by atoms with Crippen LogP contribution in [0.5, 0.6) is 0 Å². The number of ether oxygens (including phenoxy) is 1. The Hall–Kier alpha value is -2.45. The molecule has 1 aromatic heterocycles. The van der Waals surface area contributed by atoms with Gasteiger partial charge in [-0.05, 0) is 19.1 Å². The number of nitrogens with zero attached hydrogens (tertiary/aromatic N) is 2. The quantitative estimate of drug-likeness (QED) is 0.858. The van der Waals surface area contributed by atoms with Crippen molar-refractivity contribution in [2.24, 2.45) is 5.92 Å². The number of carbonyl (C=O) groups is 2. The Balaban J connectivity index is 2.40. The highest BCUT2D eigenvalue weighted by Gasteiger charge is 2.36. The van der Waals surface area contributed by atoms with E-state index in [-0.39, 0.29) is 36.0 Å². The molecule has 124 valence electrons. The number of esters is 1. The van der Waals surface area contributed by atoms with Gasteiger partial charge in [0, 0.05) is 5.71 Å². The molecule has 2 heterocycles. The SMILES string of the molecule is COC(=O)c1ccc(C(F)(F)F)nc1CN1CC(=N)C(C)C1=O. The minimum atomic E-state index is -4.67. The van der Waals surface area contributed by atoms with Gasteiger partial charge in [0.15, 0.2) is 0 Å². The zero-order chi connectivity index (χ0) is 17.4. The average Bonchev–Trinajstić information content (AvgIpc) is 2.73. The molecule has 0 aliphatic carbocycles. The lowest BCUT2D eigenvalue weighted by atomic mass is 10.1. The number of halogens is 3. The highest BCUT2D eigenvalue weighted by Crippen LogP contribution is 2.29. The number of carbonyl (C=O) groups excluding carboxylic acids is 2. The van der Waals surface area contributed by atoms with Crippen molar-refractivity contribution >= 4 is 17.6 Å². The molecule has 1 atom stereocenters. The van der Waals surface area contributed by atoms with E-state index in [1.807, 2.05) is 0 Å². The van der Waals surface area contributed by atoms with Crippen LogP contribution in [0.1, 0.15) is 28.7 Å². The number of alkyl halides is 3. The number of hydrogen-bond acceptors (Lipinski definition) is 5. The Kier molecular flexibility index (Phi) is 4.39. The van der Waals surface area contributed by atoms with Gasteiger partial charge in [-0.1, -0.05) is 0 Å². The molecule has 23 heavy (non-hydrogen) atoms. The number of hydrogen-bond donors (Lipinski definition) is 1. The molecule has 0 aromatic carbocycles. The van der Waals surface area contributed by atoms with E-state index in [1.54, 1.807) is 6.92 Å². The molecule has 6 nitrogen and oxygen atoms in total. The van der Waals surface area contributed by atoms with E-state index in [0.717, 1.165) is 13.2 Å². The zero-order valence-corrected chi connectivity index (χ0v) is 12.4. The van der Waals surface area contributed by atoms with Crippen molar-refractivity contribution in [1.82, 2.24) is 9.88 Å². The number of likely N-dealkylation sites (tertiary alicyclic amines) is 1. The smallest absolute Gasteiger partial charge is 0.433 e. The summed E-state index contributed by atoms with van der Waals surface area (Å²) in [5.74, 6) is -1.84. The molecule has 1 saturated heterocycles.